The summed E-state index contributed by atoms with van der Waals surface area (Å²) in [6.45, 7) is 0. The van der Waals surface area contributed by atoms with Gasteiger partial charge in [0.25, 0.3) is 5.91 Å². The first-order valence-corrected chi connectivity index (χ1v) is 6.29. The van der Waals surface area contributed by atoms with Crippen molar-refractivity contribution in [3.63, 3.8) is 0 Å². The lowest BCUT2D eigenvalue weighted by atomic mass is 10.0. The number of nitrogens with zero attached hydrogens (tertiary/aromatic N) is 1. The zero-order valence-corrected chi connectivity index (χ0v) is 10.7. The van der Waals surface area contributed by atoms with E-state index in [0.717, 1.165) is 11.1 Å². The lowest BCUT2D eigenvalue weighted by molar-refractivity contribution is 0.102. The van der Waals surface area contributed by atoms with E-state index in [4.69, 9.17) is 0 Å². The lowest BCUT2D eigenvalue weighted by Gasteiger charge is -2.06. The molecule has 2 aromatic carbocycles. The summed E-state index contributed by atoms with van der Waals surface area (Å²) in [6, 6.07) is 19.2. The van der Waals surface area contributed by atoms with Crippen molar-refractivity contribution in [3.05, 3.63) is 72.4 Å². The number of anilines is 1. The van der Waals surface area contributed by atoms with Crippen molar-refractivity contribution in [2.45, 2.75) is 0 Å². The van der Waals surface area contributed by atoms with Crippen molar-refractivity contribution >= 4 is 11.7 Å². The monoisotopic (exact) mass is 263 g/mol. The SMILES string of the molecule is O=C(Nc1ccn[nH]1)c1cccc(-c2ccccc2)c1. The largest absolute Gasteiger partial charge is 0.307 e. The molecule has 0 radical (unpaired) electrons. The zero-order chi connectivity index (χ0) is 13.8. The van der Waals surface area contributed by atoms with E-state index in [1.807, 2.05) is 48.5 Å². The Morgan fingerprint density at radius 2 is 1.75 bits per heavy atom. The van der Waals surface area contributed by atoms with Gasteiger partial charge in [0, 0.05) is 11.6 Å². The number of hydrogen-bond acceptors (Lipinski definition) is 2. The molecule has 0 aliphatic rings. The first-order chi connectivity index (χ1) is 9.83. The summed E-state index contributed by atoms with van der Waals surface area (Å²) >= 11 is 0. The van der Waals surface area contributed by atoms with Crippen LogP contribution in [0.25, 0.3) is 11.1 Å². The van der Waals surface area contributed by atoms with Crippen molar-refractivity contribution in [1.29, 1.82) is 0 Å². The number of carbonyl (C=O) groups is 1. The molecular formula is C16H13N3O. The Kier molecular flexibility index (Phi) is 3.29. The maximum atomic E-state index is 12.1. The number of amides is 1. The van der Waals surface area contributed by atoms with Gasteiger partial charge in [0.2, 0.25) is 0 Å². The Labute approximate surface area is 116 Å². The topological polar surface area (TPSA) is 57.8 Å². The van der Waals surface area contributed by atoms with E-state index in [1.54, 1.807) is 18.3 Å². The highest BCUT2D eigenvalue weighted by molar-refractivity contribution is 6.04. The summed E-state index contributed by atoms with van der Waals surface area (Å²) in [5.74, 6) is 0.423. The zero-order valence-electron chi connectivity index (χ0n) is 10.7. The number of benzene rings is 2. The van der Waals surface area contributed by atoms with Gasteiger partial charge in [-0.3, -0.25) is 9.89 Å². The van der Waals surface area contributed by atoms with Crippen molar-refractivity contribution in [1.82, 2.24) is 10.2 Å². The Morgan fingerprint density at radius 1 is 0.950 bits per heavy atom. The molecule has 3 aromatic rings. The van der Waals surface area contributed by atoms with Crippen LogP contribution in [0.5, 0.6) is 0 Å². The van der Waals surface area contributed by atoms with E-state index < -0.39 is 0 Å². The van der Waals surface area contributed by atoms with Gasteiger partial charge in [0.1, 0.15) is 5.82 Å². The summed E-state index contributed by atoms with van der Waals surface area (Å²) in [5, 5.41) is 9.26. The number of aromatic amines is 1. The third-order valence-corrected chi connectivity index (χ3v) is 2.98. The summed E-state index contributed by atoms with van der Waals surface area (Å²) < 4.78 is 0. The predicted molar refractivity (Wildman–Crippen MR) is 78.4 cm³/mol. The van der Waals surface area contributed by atoms with E-state index >= 15 is 0 Å². The Bertz CT molecular complexity index is 706. The van der Waals surface area contributed by atoms with Gasteiger partial charge in [0.15, 0.2) is 0 Å². The van der Waals surface area contributed by atoms with Crippen LogP contribution >= 0.6 is 0 Å². The van der Waals surface area contributed by atoms with Gasteiger partial charge in [-0.15, -0.1) is 0 Å². The van der Waals surface area contributed by atoms with Crippen LogP contribution in [0.2, 0.25) is 0 Å². The van der Waals surface area contributed by atoms with E-state index in [-0.39, 0.29) is 5.91 Å². The second-order valence-electron chi connectivity index (χ2n) is 4.37. The molecule has 1 aromatic heterocycles. The minimum absolute atomic E-state index is 0.160. The maximum Gasteiger partial charge on any atom is 0.256 e. The first-order valence-electron chi connectivity index (χ1n) is 6.29. The van der Waals surface area contributed by atoms with Crippen LogP contribution in [0.4, 0.5) is 5.82 Å². The highest BCUT2D eigenvalue weighted by atomic mass is 16.1. The molecule has 0 saturated heterocycles. The fraction of sp³-hybridized carbons (Fsp3) is 0. The van der Waals surface area contributed by atoms with Crippen molar-refractivity contribution in [2.24, 2.45) is 0 Å². The van der Waals surface area contributed by atoms with Crippen LogP contribution in [-0.4, -0.2) is 16.1 Å². The van der Waals surface area contributed by atoms with Crippen LogP contribution in [0.1, 0.15) is 10.4 Å². The third kappa shape index (κ3) is 2.59. The van der Waals surface area contributed by atoms with Crippen LogP contribution in [0.3, 0.4) is 0 Å². The van der Waals surface area contributed by atoms with Crippen LogP contribution in [0.15, 0.2) is 66.9 Å². The molecule has 98 valence electrons. The molecule has 0 bridgehead atoms. The van der Waals surface area contributed by atoms with Gasteiger partial charge in [-0.2, -0.15) is 5.10 Å². The van der Waals surface area contributed by atoms with E-state index in [0.29, 0.717) is 11.4 Å². The fourth-order valence-electron chi connectivity index (χ4n) is 1.99. The molecule has 4 nitrogen and oxygen atoms in total. The summed E-state index contributed by atoms with van der Waals surface area (Å²) in [4.78, 5) is 12.1. The molecule has 3 rings (SSSR count). The Morgan fingerprint density at radius 3 is 2.50 bits per heavy atom. The molecule has 1 heterocycles. The smallest absolute Gasteiger partial charge is 0.256 e. The lowest BCUT2D eigenvalue weighted by Crippen LogP contribution is -2.12. The van der Waals surface area contributed by atoms with Gasteiger partial charge in [-0.1, -0.05) is 42.5 Å². The molecule has 0 spiro atoms. The molecule has 0 aliphatic carbocycles. The second kappa shape index (κ2) is 5.40. The molecule has 20 heavy (non-hydrogen) atoms. The standard InChI is InChI=1S/C16H13N3O/c20-16(18-15-9-10-17-19-15)14-8-4-7-13(11-14)12-5-2-1-3-6-12/h1-11H,(H2,17,18,19,20). The molecule has 0 fully saturated rings. The highest BCUT2D eigenvalue weighted by Crippen LogP contribution is 2.20. The Hall–Kier alpha value is -2.88. The molecule has 0 saturated carbocycles. The molecule has 4 heteroatoms. The van der Waals surface area contributed by atoms with Crippen LogP contribution in [0, 0.1) is 0 Å². The predicted octanol–water partition coefficient (Wildman–Crippen LogP) is 3.33. The fourth-order valence-corrected chi connectivity index (χ4v) is 1.99. The van der Waals surface area contributed by atoms with Crippen molar-refractivity contribution in [2.75, 3.05) is 5.32 Å². The van der Waals surface area contributed by atoms with Gasteiger partial charge in [-0.25, -0.2) is 0 Å². The normalized spacial score (nSPS) is 10.2. The quantitative estimate of drug-likeness (QED) is 0.761. The molecule has 0 unspecified atom stereocenters. The van der Waals surface area contributed by atoms with Crippen molar-refractivity contribution < 1.29 is 4.79 Å². The second-order valence-corrected chi connectivity index (χ2v) is 4.37. The van der Waals surface area contributed by atoms with Crippen LogP contribution < -0.4 is 5.32 Å². The molecule has 2 N–H and O–H groups in total. The summed E-state index contributed by atoms with van der Waals surface area (Å²) in [6.07, 6.45) is 1.59. The average Bonchev–Trinajstić information content (AvgIpc) is 3.01. The van der Waals surface area contributed by atoms with E-state index in [2.05, 4.69) is 15.5 Å². The van der Waals surface area contributed by atoms with E-state index in [9.17, 15) is 4.79 Å². The Balaban J connectivity index is 1.86. The molecule has 1 amide bonds. The summed E-state index contributed by atoms with van der Waals surface area (Å²) in [5.41, 5.74) is 2.72. The molecular weight excluding hydrogens is 250 g/mol. The molecule has 0 aliphatic heterocycles. The number of nitrogens with one attached hydrogen (secondary N) is 2. The van der Waals surface area contributed by atoms with Gasteiger partial charge in [-0.05, 0) is 23.3 Å². The van der Waals surface area contributed by atoms with Gasteiger partial charge < -0.3 is 5.32 Å². The number of rotatable bonds is 3. The van der Waals surface area contributed by atoms with Crippen molar-refractivity contribution in [3.8, 4) is 11.1 Å². The number of carbonyl (C=O) groups excluding carboxylic acids is 1. The van der Waals surface area contributed by atoms with E-state index in [1.165, 1.54) is 0 Å². The van der Waals surface area contributed by atoms with Crippen LogP contribution in [-0.2, 0) is 0 Å². The first kappa shape index (κ1) is 12.2. The minimum atomic E-state index is -0.160. The number of H-pyrrole nitrogens is 1. The third-order valence-electron chi connectivity index (χ3n) is 2.98. The minimum Gasteiger partial charge on any atom is -0.307 e. The van der Waals surface area contributed by atoms with Gasteiger partial charge in [0.05, 0.1) is 6.20 Å². The highest BCUT2D eigenvalue weighted by Gasteiger charge is 2.08. The number of hydrogen-bond donors (Lipinski definition) is 2. The number of aromatic nitrogens is 2. The summed E-state index contributed by atoms with van der Waals surface area (Å²) in [7, 11) is 0. The average molecular weight is 263 g/mol. The van der Waals surface area contributed by atoms with Gasteiger partial charge >= 0.3 is 0 Å². The molecule has 0 atom stereocenters. The maximum absolute atomic E-state index is 12.1.